The Balaban J connectivity index is 1.33. The molecule has 2 N–H and O–H groups in total. The van der Waals surface area contributed by atoms with Gasteiger partial charge in [-0.2, -0.15) is 0 Å². The number of fused-ring (bicyclic) bond motifs is 2. The smallest absolute Gasteiger partial charge is 0.260 e. The lowest BCUT2D eigenvalue weighted by Gasteiger charge is -2.31. The highest BCUT2D eigenvalue weighted by atomic mass is 16.5. The maximum atomic E-state index is 12.5. The van der Waals surface area contributed by atoms with Crippen molar-refractivity contribution >= 4 is 22.9 Å². The maximum Gasteiger partial charge on any atom is 0.260 e. The summed E-state index contributed by atoms with van der Waals surface area (Å²) in [6.07, 6.45) is 3.19. The summed E-state index contributed by atoms with van der Waals surface area (Å²) >= 11 is 0. The Morgan fingerprint density at radius 1 is 1.10 bits per heavy atom. The van der Waals surface area contributed by atoms with E-state index in [0.717, 1.165) is 61.3 Å². The number of nitrogens with one attached hydrogen (secondary N) is 1. The number of aliphatic hydroxyl groups is 1. The van der Waals surface area contributed by atoms with Crippen LogP contribution >= 0.6 is 0 Å². The van der Waals surface area contributed by atoms with Crippen LogP contribution in [-0.4, -0.2) is 42.2 Å². The van der Waals surface area contributed by atoms with Crippen LogP contribution in [0, 0.1) is 5.92 Å². The predicted octanol–water partition coefficient (Wildman–Crippen LogP) is 3.28. The molecular formula is C24H26N2O3. The second kappa shape index (κ2) is 7.65. The molecule has 0 saturated carbocycles. The van der Waals surface area contributed by atoms with E-state index in [1.807, 2.05) is 24.3 Å². The van der Waals surface area contributed by atoms with Crippen LogP contribution < -0.4 is 5.32 Å². The van der Waals surface area contributed by atoms with Gasteiger partial charge in [-0.1, -0.05) is 36.4 Å². The number of aliphatic hydroxyl groups excluding tert-OH is 1. The Kier molecular flexibility index (Phi) is 4.86. The summed E-state index contributed by atoms with van der Waals surface area (Å²) in [5, 5.41) is 12.2. The van der Waals surface area contributed by atoms with E-state index in [-0.39, 0.29) is 5.91 Å². The molecule has 0 radical (unpaired) electrons. The predicted molar refractivity (Wildman–Crippen MR) is 113 cm³/mol. The number of carbonyl (C=O) groups is 1. The van der Waals surface area contributed by atoms with Gasteiger partial charge in [0.1, 0.15) is 12.4 Å². The van der Waals surface area contributed by atoms with Gasteiger partial charge in [0.2, 0.25) is 0 Å². The van der Waals surface area contributed by atoms with E-state index in [0.29, 0.717) is 30.5 Å². The lowest BCUT2D eigenvalue weighted by Crippen LogP contribution is -2.36. The fraction of sp³-hybridized carbons (Fsp3) is 0.375. The molecule has 3 aliphatic heterocycles. The van der Waals surface area contributed by atoms with Gasteiger partial charge < -0.3 is 20.1 Å². The Hall–Kier alpha value is -2.63. The van der Waals surface area contributed by atoms with Crippen molar-refractivity contribution in [1.82, 2.24) is 4.90 Å². The zero-order chi connectivity index (χ0) is 19.8. The summed E-state index contributed by atoms with van der Waals surface area (Å²) in [7, 11) is 0. The second-order valence-corrected chi connectivity index (χ2v) is 8.20. The molecule has 0 aliphatic carbocycles. The van der Waals surface area contributed by atoms with Crippen molar-refractivity contribution in [2.24, 2.45) is 5.92 Å². The van der Waals surface area contributed by atoms with Gasteiger partial charge in [0.25, 0.3) is 5.91 Å². The molecule has 2 aromatic rings. The number of ether oxygens (including phenoxy) is 1. The first-order valence-electron chi connectivity index (χ1n) is 10.5. The van der Waals surface area contributed by atoms with Crippen molar-refractivity contribution in [2.75, 3.05) is 31.6 Å². The number of rotatable bonds is 4. The summed E-state index contributed by atoms with van der Waals surface area (Å²) in [5.41, 5.74) is 5.88. The lowest BCUT2D eigenvalue weighted by atomic mass is 9.96. The molecular weight excluding hydrogens is 364 g/mol. The first kappa shape index (κ1) is 18.4. The fourth-order valence-corrected chi connectivity index (χ4v) is 4.60. The summed E-state index contributed by atoms with van der Waals surface area (Å²) in [6, 6.07) is 14.2. The van der Waals surface area contributed by atoms with Crippen molar-refractivity contribution in [1.29, 1.82) is 0 Å². The summed E-state index contributed by atoms with van der Waals surface area (Å²) in [6.45, 7) is 4.02. The van der Waals surface area contributed by atoms with Crippen LogP contribution in [0.1, 0.15) is 35.1 Å². The number of hydrogen-bond donors (Lipinski definition) is 2. The van der Waals surface area contributed by atoms with Gasteiger partial charge in [0.15, 0.2) is 0 Å². The van der Waals surface area contributed by atoms with Crippen LogP contribution in [0.3, 0.4) is 0 Å². The highest BCUT2D eigenvalue weighted by molar-refractivity contribution is 6.36. The topological polar surface area (TPSA) is 61.8 Å². The molecule has 0 unspecified atom stereocenters. The van der Waals surface area contributed by atoms with Crippen LogP contribution in [-0.2, 0) is 22.6 Å². The van der Waals surface area contributed by atoms with Gasteiger partial charge in [-0.25, -0.2) is 0 Å². The van der Waals surface area contributed by atoms with E-state index in [1.165, 1.54) is 5.56 Å². The normalized spacial score (nSPS) is 21.6. The average Bonchev–Trinajstić information content (AvgIpc) is 3.31. The van der Waals surface area contributed by atoms with Gasteiger partial charge in [-0.05, 0) is 49.9 Å². The number of nitrogens with zero attached hydrogens (tertiary/aromatic N) is 1. The molecule has 1 amide bonds. The number of para-hydroxylation sites is 1. The highest BCUT2D eigenvalue weighted by Crippen LogP contribution is 2.41. The minimum absolute atomic E-state index is 0.0931. The first-order valence-corrected chi connectivity index (χ1v) is 10.5. The number of piperidine rings is 1. The number of hydrogen-bond acceptors (Lipinski definition) is 4. The first-order chi connectivity index (χ1) is 14.2. The lowest BCUT2D eigenvalue weighted by molar-refractivity contribution is -0.110. The van der Waals surface area contributed by atoms with E-state index in [1.54, 1.807) is 0 Å². The number of benzene rings is 2. The maximum absolute atomic E-state index is 12.5. The number of amides is 1. The molecule has 0 bridgehead atoms. The molecule has 29 heavy (non-hydrogen) atoms. The molecule has 1 saturated heterocycles. The number of anilines is 1. The van der Waals surface area contributed by atoms with E-state index in [9.17, 15) is 9.90 Å². The van der Waals surface area contributed by atoms with Gasteiger partial charge >= 0.3 is 0 Å². The third kappa shape index (κ3) is 3.45. The van der Waals surface area contributed by atoms with Crippen molar-refractivity contribution in [2.45, 2.75) is 25.9 Å². The third-order valence-corrected chi connectivity index (χ3v) is 6.37. The summed E-state index contributed by atoms with van der Waals surface area (Å²) in [4.78, 5) is 15.0. The largest absolute Gasteiger partial charge is 0.487 e. The molecule has 0 spiro atoms. The molecule has 0 atom stereocenters. The molecule has 1 fully saturated rings. The monoisotopic (exact) mass is 390 g/mol. The quantitative estimate of drug-likeness (QED) is 0.787. The minimum Gasteiger partial charge on any atom is -0.487 e. The molecule has 3 aliphatic rings. The van der Waals surface area contributed by atoms with E-state index < -0.39 is 0 Å². The highest BCUT2D eigenvalue weighted by Gasteiger charge is 2.32. The summed E-state index contributed by atoms with van der Waals surface area (Å²) in [5.74, 6) is 1.08. The van der Waals surface area contributed by atoms with Crippen LogP contribution in [0.4, 0.5) is 5.69 Å². The van der Waals surface area contributed by atoms with Crippen LogP contribution in [0.2, 0.25) is 0 Å². The van der Waals surface area contributed by atoms with Gasteiger partial charge in [0, 0.05) is 35.5 Å². The van der Waals surface area contributed by atoms with Crippen molar-refractivity contribution in [3.05, 3.63) is 64.7 Å². The van der Waals surface area contributed by atoms with Crippen molar-refractivity contribution in [3.8, 4) is 0 Å². The zero-order valence-corrected chi connectivity index (χ0v) is 16.5. The van der Waals surface area contributed by atoms with E-state index in [4.69, 9.17) is 4.74 Å². The van der Waals surface area contributed by atoms with Crippen molar-refractivity contribution < 1.29 is 14.6 Å². The third-order valence-electron chi connectivity index (χ3n) is 6.37. The average molecular weight is 390 g/mol. The Morgan fingerprint density at radius 3 is 2.76 bits per heavy atom. The SMILES string of the molecule is O=C1Nc2ccccc2C1=C1OCc2cc(CCN3CCC(CO)CC3)ccc21. The Bertz CT molecular complexity index is 974. The van der Waals surface area contributed by atoms with Crippen LogP contribution in [0.25, 0.3) is 11.3 Å². The molecule has 5 heteroatoms. The molecule has 3 heterocycles. The van der Waals surface area contributed by atoms with Gasteiger partial charge in [-0.15, -0.1) is 0 Å². The summed E-state index contributed by atoms with van der Waals surface area (Å²) < 4.78 is 5.99. The van der Waals surface area contributed by atoms with E-state index in [2.05, 4.69) is 28.4 Å². The van der Waals surface area contributed by atoms with E-state index >= 15 is 0 Å². The van der Waals surface area contributed by atoms with Crippen LogP contribution in [0.5, 0.6) is 0 Å². The molecule has 5 rings (SSSR count). The Labute approximate surface area is 171 Å². The Morgan fingerprint density at radius 2 is 1.93 bits per heavy atom. The van der Waals surface area contributed by atoms with Gasteiger partial charge in [-0.3, -0.25) is 4.79 Å². The van der Waals surface area contributed by atoms with Crippen LogP contribution in [0.15, 0.2) is 42.5 Å². The molecule has 5 nitrogen and oxygen atoms in total. The zero-order valence-electron chi connectivity index (χ0n) is 16.5. The molecule has 2 aromatic carbocycles. The molecule has 0 aromatic heterocycles. The van der Waals surface area contributed by atoms with Crippen molar-refractivity contribution in [3.63, 3.8) is 0 Å². The minimum atomic E-state index is -0.0931. The number of likely N-dealkylation sites (tertiary alicyclic amines) is 1. The van der Waals surface area contributed by atoms with Gasteiger partial charge in [0.05, 0.1) is 5.57 Å². The molecule has 150 valence electrons. The fourth-order valence-electron chi connectivity index (χ4n) is 4.60. The second-order valence-electron chi connectivity index (χ2n) is 8.20. The standard InChI is InChI=1S/C24H26N2O3/c27-14-17-8-11-26(12-9-17)10-7-16-5-6-19-18(13-16)15-29-23(19)22-20-3-1-2-4-21(20)25-24(22)28/h1-6,13,17,27H,7-12,14-15H2,(H,25,28). The number of carbonyl (C=O) groups excluding carboxylic acids is 1.